The van der Waals surface area contributed by atoms with Gasteiger partial charge in [0, 0.05) is 35.6 Å². The summed E-state index contributed by atoms with van der Waals surface area (Å²) in [6.45, 7) is 6.35. The van der Waals surface area contributed by atoms with Gasteiger partial charge in [0.1, 0.15) is 5.82 Å². The number of pyridine rings is 1. The van der Waals surface area contributed by atoms with Crippen LogP contribution in [0.1, 0.15) is 57.2 Å². The maximum absolute atomic E-state index is 6.73. The molecule has 3 N–H and O–H groups in total. The van der Waals surface area contributed by atoms with E-state index in [1.165, 1.54) is 0 Å². The van der Waals surface area contributed by atoms with Crippen LogP contribution in [0.4, 0.5) is 0 Å². The van der Waals surface area contributed by atoms with Gasteiger partial charge in [0.05, 0.1) is 22.8 Å². The van der Waals surface area contributed by atoms with Crippen LogP contribution >= 0.6 is 0 Å². The number of aryl methyl sites for hydroxylation is 1. The second-order valence-electron chi connectivity index (χ2n) is 9.05. The topological polar surface area (TPSA) is 99.0 Å². The first-order valence-corrected chi connectivity index (χ1v) is 11.1. The van der Waals surface area contributed by atoms with E-state index in [-0.39, 0.29) is 0 Å². The van der Waals surface area contributed by atoms with Crippen LogP contribution < -0.4 is 11.1 Å². The minimum Gasteiger partial charge on any atom is -0.324 e. The molecule has 8 heteroatoms. The zero-order valence-electron chi connectivity index (χ0n) is 18.6. The second kappa shape index (κ2) is 7.39. The molecule has 1 aliphatic carbocycles. The summed E-state index contributed by atoms with van der Waals surface area (Å²) in [6.07, 6.45) is 9.61. The SMILES string of the molecule is CNC1CCC(N)(c2ncc3c(-c4cnc5nc(C)n(C(C)C)c5c4)ccn3n2)CC1. The molecule has 8 nitrogen and oxygen atoms in total. The molecule has 0 radical (unpaired) electrons. The molecule has 0 spiro atoms. The highest BCUT2D eigenvalue weighted by Gasteiger charge is 2.35. The van der Waals surface area contributed by atoms with Gasteiger partial charge in [-0.2, -0.15) is 5.10 Å². The number of nitrogens with zero attached hydrogens (tertiary/aromatic N) is 6. The Morgan fingerprint density at radius 1 is 1.16 bits per heavy atom. The number of hydrogen-bond acceptors (Lipinski definition) is 6. The van der Waals surface area contributed by atoms with E-state index in [4.69, 9.17) is 15.8 Å². The zero-order chi connectivity index (χ0) is 21.8. The van der Waals surface area contributed by atoms with E-state index in [1.807, 2.05) is 37.1 Å². The summed E-state index contributed by atoms with van der Waals surface area (Å²) in [7, 11) is 2.01. The van der Waals surface area contributed by atoms with Gasteiger partial charge < -0.3 is 15.6 Å². The van der Waals surface area contributed by atoms with Crippen molar-refractivity contribution in [2.45, 2.75) is 64.1 Å². The van der Waals surface area contributed by atoms with Crippen LogP contribution in [0.25, 0.3) is 27.8 Å². The van der Waals surface area contributed by atoms with Crippen molar-refractivity contribution in [2.24, 2.45) is 5.73 Å². The van der Waals surface area contributed by atoms with Crippen LogP contribution in [0.3, 0.4) is 0 Å². The predicted molar refractivity (Wildman–Crippen MR) is 122 cm³/mol. The van der Waals surface area contributed by atoms with Crippen LogP contribution in [-0.4, -0.2) is 42.2 Å². The summed E-state index contributed by atoms with van der Waals surface area (Å²) in [6, 6.07) is 5.08. The standard InChI is InChI=1S/C23H30N8/c1-14(2)31-15(3)28-21-19(31)11-16(12-26-21)18-7-10-30-20(18)13-27-22(29-30)23(24)8-5-17(25-4)6-9-23/h7,10-14,17,25H,5-6,8-9,24H2,1-4H3. The first-order chi connectivity index (χ1) is 14.9. The van der Waals surface area contributed by atoms with Crippen molar-refractivity contribution in [1.29, 1.82) is 0 Å². The smallest absolute Gasteiger partial charge is 0.177 e. The first-order valence-electron chi connectivity index (χ1n) is 11.1. The van der Waals surface area contributed by atoms with Crippen molar-refractivity contribution in [3.63, 3.8) is 0 Å². The molecule has 4 heterocycles. The number of fused-ring (bicyclic) bond motifs is 2. The minimum absolute atomic E-state index is 0.317. The average molecular weight is 419 g/mol. The molecule has 0 amide bonds. The highest BCUT2D eigenvalue weighted by atomic mass is 15.3. The van der Waals surface area contributed by atoms with Gasteiger partial charge >= 0.3 is 0 Å². The lowest BCUT2D eigenvalue weighted by Crippen LogP contribution is -2.45. The summed E-state index contributed by atoms with van der Waals surface area (Å²) < 4.78 is 4.12. The molecule has 31 heavy (non-hydrogen) atoms. The van der Waals surface area contributed by atoms with Gasteiger partial charge in [-0.3, -0.25) is 0 Å². The quantitative estimate of drug-likeness (QED) is 0.527. The van der Waals surface area contributed by atoms with Crippen molar-refractivity contribution in [3.8, 4) is 11.1 Å². The van der Waals surface area contributed by atoms with Crippen LogP contribution in [0, 0.1) is 6.92 Å². The molecular formula is C23H30N8. The summed E-state index contributed by atoms with van der Waals surface area (Å²) in [5, 5.41) is 8.16. The molecule has 4 aromatic rings. The number of rotatable bonds is 4. The molecule has 162 valence electrons. The van der Waals surface area contributed by atoms with Crippen molar-refractivity contribution in [2.75, 3.05) is 7.05 Å². The Morgan fingerprint density at radius 2 is 1.94 bits per heavy atom. The molecule has 5 rings (SSSR count). The number of aromatic nitrogens is 6. The Kier molecular flexibility index (Phi) is 4.79. The van der Waals surface area contributed by atoms with E-state index in [2.05, 4.69) is 45.8 Å². The monoisotopic (exact) mass is 418 g/mol. The van der Waals surface area contributed by atoms with Crippen molar-refractivity contribution < 1.29 is 0 Å². The van der Waals surface area contributed by atoms with Gasteiger partial charge in [-0.15, -0.1) is 0 Å². The van der Waals surface area contributed by atoms with Crippen molar-refractivity contribution in [1.82, 2.24) is 34.4 Å². The van der Waals surface area contributed by atoms with Crippen molar-refractivity contribution >= 4 is 16.7 Å². The Bertz CT molecular complexity index is 1240. The van der Waals surface area contributed by atoms with E-state index in [0.29, 0.717) is 12.1 Å². The Balaban J connectivity index is 1.53. The zero-order valence-corrected chi connectivity index (χ0v) is 18.6. The molecule has 1 aliphatic rings. The molecule has 1 saturated carbocycles. The highest BCUT2D eigenvalue weighted by Crippen LogP contribution is 2.34. The van der Waals surface area contributed by atoms with Gasteiger partial charge in [0.15, 0.2) is 11.5 Å². The van der Waals surface area contributed by atoms with Gasteiger partial charge in [-0.05, 0) is 65.6 Å². The lowest BCUT2D eigenvalue weighted by atomic mass is 9.79. The Hall–Kier alpha value is -2.84. The highest BCUT2D eigenvalue weighted by molar-refractivity contribution is 5.85. The summed E-state index contributed by atoms with van der Waals surface area (Å²) in [5.41, 5.74) is 11.1. The average Bonchev–Trinajstić information content (AvgIpc) is 3.33. The van der Waals surface area contributed by atoms with Crippen molar-refractivity contribution in [3.05, 3.63) is 42.4 Å². The minimum atomic E-state index is -0.465. The van der Waals surface area contributed by atoms with Gasteiger partial charge in [-0.1, -0.05) is 0 Å². The van der Waals surface area contributed by atoms with Crippen LogP contribution in [-0.2, 0) is 5.54 Å². The predicted octanol–water partition coefficient (Wildman–Crippen LogP) is 3.35. The number of nitrogens with one attached hydrogen (secondary N) is 1. The lowest BCUT2D eigenvalue weighted by molar-refractivity contribution is 0.245. The molecule has 0 saturated heterocycles. The molecule has 4 aromatic heterocycles. The number of hydrogen-bond donors (Lipinski definition) is 2. The fraction of sp³-hybridized carbons (Fsp3) is 0.478. The Morgan fingerprint density at radius 3 is 2.65 bits per heavy atom. The third-order valence-corrected chi connectivity index (χ3v) is 6.70. The first kappa shape index (κ1) is 20.1. The number of imidazole rings is 1. The van der Waals surface area contributed by atoms with E-state index in [1.54, 1.807) is 0 Å². The summed E-state index contributed by atoms with van der Waals surface area (Å²) in [5.74, 6) is 1.70. The third kappa shape index (κ3) is 3.30. The van der Waals surface area contributed by atoms with Gasteiger partial charge in [0.25, 0.3) is 0 Å². The number of nitrogens with two attached hydrogens (primary N) is 1. The Labute approximate surface area is 181 Å². The molecule has 0 atom stereocenters. The molecule has 0 unspecified atom stereocenters. The van der Waals surface area contributed by atoms with Gasteiger partial charge in [-0.25, -0.2) is 19.5 Å². The maximum atomic E-state index is 6.73. The fourth-order valence-corrected chi connectivity index (χ4v) is 4.91. The molecule has 0 aromatic carbocycles. The molecule has 0 aliphatic heterocycles. The maximum Gasteiger partial charge on any atom is 0.177 e. The van der Waals surface area contributed by atoms with Crippen LogP contribution in [0.15, 0.2) is 30.7 Å². The third-order valence-electron chi connectivity index (χ3n) is 6.70. The normalized spacial score (nSPS) is 22.1. The van der Waals surface area contributed by atoms with Gasteiger partial charge in [0.2, 0.25) is 0 Å². The van der Waals surface area contributed by atoms with Crippen LogP contribution in [0.2, 0.25) is 0 Å². The summed E-state index contributed by atoms with van der Waals surface area (Å²) in [4.78, 5) is 13.9. The fourth-order valence-electron chi connectivity index (χ4n) is 4.91. The molecule has 1 fully saturated rings. The largest absolute Gasteiger partial charge is 0.324 e. The van der Waals surface area contributed by atoms with E-state index in [0.717, 1.165) is 65.1 Å². The van der Waals surface area contributed by atoms with E-state index < -0.39 is 5.54 Å². The summed E-state index contributed by atoms with van der Waals surface area (Å²) >= 11 is 0. The lowest BCUT2D eigenvalue weighted by Gasteiger charge is -2.35. The van der Waals surface area contributed by atoms with Crippen LogP contribution in [0.5, 0.6) is 0 Å². The van der Waals surface area contributed by atoms with E-state index in [9.17, 15) is 0 Å². The second-order valence-corrected chi connectivity index (χ2v) is 9.05. The van der Waals surface area contributed by atoms with E-state index >= 15 is 0 Å². The molecule has 0 bridgehead atoms. The molecular weight excluding hydrogens is 388 g/mol.